The van der Waals surface area contributed by atoms with Gasteiger partial charge in [-0.1, -0.05) is 6.07 Å². The van der Waals surface area contributed by atoms with Crippen molar-refractivity contribution in [1.29, 1.82) is 0 Å². The summed E-state index contributed by atoms with van der Waals surface area (Å²) < 4.78 is 25.7. The maximum absolute atomic E-state index is 14.4. The Kier molecular flexibility index (Phi) is 5.69. The zero-order chi connectivity index (χ0) is 21.3. The van der Waals surface area contributed by atoms with Crippen LogP contribution in [0.3, 0.4) is 0 Å². The first kappa shape index (κ1) is 20.3. The van der Waals surface area contributed by atoms with Gasteiger partial charge < -0.3 is 19.7 Å². The Balaban J connectivity index is 1.65. The molecule has 1 aromatic heterocycles. The van der Waals surface area contributed by atoms with E-state index in [1.54, 1.807) is 35.2 Å². The van der Waals surface area contributed by atoms with Gasteiger partial charge in [0.15, 0.2) is 0 Å². The van der Waals surface area contributed by atoms with E-state index in [4.69, 9.17) is 9.47 Å². The minimum absolute atomic E-state index is 0.0570. The first-order chi connectivity index (χ1) is 14.5. The average molecular weight is 428 g/mol. The summed E-state index contributed by atoms with van der Waals surface area (Å²) in [5.41, 5.74) is 1.73. The first-order valence-corrected chi connectivity index (χ1v) is 10.3. The van der Waals surface area contributed by atoms with Crippen LogP contribution in [0.25, 0.3) is 10.1 Å². The van der Waals surface area contributed by atoms with Crippen molar-refractivity contribution in [3.63, 3.8) is 0 Å². The molecule has 1 aliphatic rings. The second-order valence-electron chi connectivity index (χ2n) is 6.95. The topological polar surface area (TPSA) is 67.9 Å². The Morgan fingerprint density at radius 1 is 1.27 bits per heavy atom. The number of fused-ring (bicyclic) bond motifs is 1. The first-order valence-electron chi connectivity index (χ1n) is 9.52. The van der Waals surface area contributed by atoms with Gasteiger partial charge in [0.25, 0.3) is 5.91 Å². The number of ether oxygens (including phenoxy) is 2. The third-order valence-electron chi connectivity index (χ3n) is 5.06. The maximum atomic E-state index is 14.4. The third kappa shape index (κ3) is 3.64. The Morgan fingerprint density at radius 2 is 2.10 bits per heavy atom. The van der Waals surface area contributed by atoms with Gasteiger partial charge in [-0.05, 0) is 30.7 Å². The second kappa shape index (κ2) is 8.41. The van der Waals surface area contributed by atoms with Crippen LogP contribution in [0.1, 0.15) is 28.1 Å². The molecule has 156 valence electrons. The van der Waals surface area contributed by atoms with Crippen molar-refractivity contribution < 1.29 is 23.5 Å². The van der Waals surface area contributed by atoms with Gasteiger partial charge in [-0.2, -0.15) is 0 Å². The molecule has 0 spiro atoms. The molecule has 2 amide bonds. The molecule has 4 rings (SSSR count). The molecule has 30 heavy (non-hydrogen) atoms. The van der Waals surface area contributed by atoms with Crippen molar-refractivity contribution >= 4 is 44.6 Å². The van der Waals surface area contributed by atoms with Crippen LogP contribution in [0.4, 0.5) is 15.8 Å². The normalized spacial score (nSPS) is 13.8. The number of benzene rings is 2. The van der Waals surface area contributed by atoms with Gasteiger partial charge in [-0.3, -0.25) is 9.59 Å². The number of hydrogen-bond acceptors (Lipinski definition) is 5. The summed E-state index contributed by atoms with van der Waals surface area (Å²) in [6.07, 6.45) is 1.33. The van der Waals surface area contributed by atoms with Crippen LogP contribution in [-0.2, 0) is 16.1 Å². The quantitative estimate of drug-likeness (QED) is 0.624. The van der Waals surface area contributed by atoms with E-state index in [1.807, 2.05) is 0 Å². The molecule has 0 aliphatic carbocycles. The summed E-state index contributed by atoms with van der Waals surface area (Å²) in [4.78, 5) is 27.1. The molecular formula is C22H21FN2O4S. The molecule has 1 N–H and O–H groups in total. The van der Waals surface area contributed by atoms with Crippen LogP contribution in [0.2, 0.25) is 0 Å². The summed E-state index contributed by atoms with van der Waals surface area (Å²) in [6, 6.07) is 9.95. The molecule has 0 radical (unpaired) electrons. The lowest BCUT2D eigenvalue weighted by atomic mass is 10.1. The number of hydrogen-bond donors (Lipinski definition) is 1. The zero-order valence-electron chi connectivity index (χ0n) is 16.7. The molecule has 3 aromatic rings. The van der Waals surface area contributed by atoms with Crippen molar-refractivity contribution in [2.45, 2.75) is 19.4 Å². The highest BCUT2D eigenvalue weighted by molar-refractivity contribution is 7.21. The third-order valence-corrected chi connectivity index (χ3v) is 6.26. The highest BCUT2D eigenvalue weighted by Gasteiger charge is 2.25. The molecule has 0 saturated carbocycles. The van der Waals surface area contributed by atoms with Crippen LogP contribution >= 0.6 is 11.3 Å². The van der Waals surface area contributed by atoms with Gasteiger partial charge in [-0.15, -0.1) is 11.3 Å². The van der Waals surface area contributed by atoms with Crippen LogP contribution in [0.15, 0.2) is 36.4 Å². The van der Waals surface area contributed by atoms with Gasteiger partial charge >= 0.3 is 0 Å². The molecule has 6 nitrogen and oxygen atoms in total. The number of carbonyl (C=O) groups excluding carboxylic acids is 2. The molecule has 0 atom stereocenters. The molecular weight excluding hydrogens is 407 g/mol. The molecule has 2 aromatic carbocycles. The summed E-state index contributed by atoms with van der Waals surface area (Å²) >= 11 is 1.22. The Morgan fingerprint density at radius 3 is 2.80 bits per heavy atom. The Labute approximate surface area is 177 Å². The van der Waals surface area contributed by atoms with Crippen molar-refractivity contribution in [2.24, 2.45) is 0 Å². The van der Waals surface area contributed by atoms with Gasteiger partial charge in [-0.25, -0.2) is 4.39 Å². The predicted molar refractivity (Wildman–Crippen MR) is 115 cm³/mol. The highest BCUT2D eigenvalue weighted by atomic mass is 32.1. The van der Waals surface area contributed by atoms with E-state index < -0.39 is 0 Å². The number of halogens is 1. The molecule has 8 heteroatoms. The smallest absolute Gasteiger partial charge is 0.266 e. The fourth-order valence-electron chi connectivity index (χ4n) is 3.70. The molecule has 1 aliphatic heterocycles. The summed E-state index contributed by atoms with van der Waals surface area (Å²) in [5, 5.41) is 3.26. The zero-order valence-corrected chi connectivity index (χ0v) is 17.5. The number of anilines is 2. The number of carbonyl (C=O) groups is 2. The van der Waals surface area contributed by atoms with Crippen molar-refractivity contribution in [3.8, 4) is 5.75 Å². The standard InChI is InChI=1S/C22H21FN2O4S/c1-28-12-14-20-15(23)5-3-6-18(20)30-21(14)22(27)24-13-8-9-16(17(11-13)29-2)25-10-4-7-19(25)26/h3,5-6,8-9,11H,4,7,10,12H2,1-2H3,(H,24,27). The fourth-order valence-corrected chi connectivity index (χ4v) is 4.82. The van der Waals surface area contributed by atoms with Gasteiger partial charge in [0, 0.05) is 47.5 Å². The maximum Gasteiger partial charge on any atom is 0.266 e. The SMILES string of the molecule is COCc1c(C(=O)Nc2ccc(N3CCCC3=O)c(OC)c2)sc2cccc(F)c12. The van der Waals surface area contributed by atoms with Crippen molar-refractivity contribution in [3.05, 3.63) is 52.7 Å². The number of nitrogens with zero attached hydrogens (tertiary/aromatic N) is 1. The lowest BCUT2D eigenvalue weighted by Crippen LogP contribution is -2.24. The summed E-state index contributed by atoms with van der Waals surface area (Å²) in [5.74, 6) is -0.171. The lowest BCUT2D eigenvalue weighted by Gasteiger charge is -2.19. The Bertz CT molecular complexity index is 1130. The Hall–Kier alpha value is -2.97. The van der Waals surface area contributed by atoms with Gasteiger partial charge in [0.2, 0.25) is 5.91 Å². The largest absolute Gasteiger partial charge is 0.494 e. The molecule has 0 bridgehead atoms. The van der Waals surface area contributed by atoms with Crippen LogP contribution < -0.4 is 15.0 Å². The average Bonchev–Trinajstić information content (AvgIpc) is 3.33. The van der Waals surface area contributed by atoms with E-state index >= 15 is 0 Å². The van der Waals surface area contributed by atoms with Crippen molar-refractivity contribution in [1.82, 2.24) is 0 Å². The van der Waals surface area contributed by atoms with E-state index in [0.29, 0.717) is 50.6 Å². The second-order valence-corrected chi connectivity index (χ2v) is 8.00. The van der Waals surface area contributed by atoms with E-state index in [0.717, 1.165) is 6.42 Å². The van der Waals surface area contributed by atoms with E-state index in [2.05, 4.69) is 5.32 Å². The lowest BCUT2D eigenvalue weighted by molar-refractivity contribution is -0.117. The number of thiophene rings is 1. The monoisotopic (exact) mass is 428 g/mol. The van der Waals surface area contributed by atoms with Crippen LogP contribution in [-0.4, -0.2) is 32.6 Å². The molecule has 2 heterocycles. The van der Waals surface area contributed by atoms with Gasteiger partial charge in [0.1, 0.15) is 11.6 Å². The van der Waals surface area contributed by atoms with Gasteiger partial charge in [0.05, 0.1) is 24.3 Å². The van der Waals surface area contributed by atoms with E-state index in [9.17, 15) is 14.0 Å². The number of amides is 2. The fraction of sp³-hybridized carbons (Fsp3) is 0.273. The number of rotatable bonds is 6. The minimum atomic E-state index is -0.379. The molecule has 1 fully saturated rings. The van der Waals surface area contributed by atoms with Crippen molar-refractivity contribution in [2.75, 3.05) is 31.0 Å². The highest BCUT2D eigenvalue weighted by Crippen LogP contribution is 2.36. The summed E-state index contributed by atoms with van der Waals surface area (Å²) in [6.45, 7) is 0.775. The molecule has 1 saturated heterocycles. The predicted octanol–water partition coefficient (Wildman–Crippen LogP) is 4.57. The minimum Gasteiger partial charge on any atom is -0.494 e. The summed E-state index contributed by atoms with van der Waals surface area (Å²) in [7, 11) is 3.03. The number of methoxy groups -OCH3 is 2. The van der Waals surface area contributed by atoms with Crippen LogP contribution in [0.5, 0.6) is 5.75 Å². The van der Waals surface area contributed by atoms with E-state index in [1.165, 1.54) is 31.6 Å². The van der Waals surface area contributed by atoms with E-state index in [-0.39, 0.29) is 24.2 Å². The molecule has 0 unspecified atom stereocenters. The van der Waals surface area contributed by atoms with Crippen LogP contribution in [0, 0.1) is 5.82 Å². The number of nitrogens with one attached hydrogen (secondary N) is 1.